The molecule has 6 heteroatoms. The molecule has 6 nitrogen and oxygen atoms in total. The summed E-state index contributed by atoms with van der Waals surface area (Å²) in [5.41, 5.74) is 0.0319. The van der Waals surface area contributed by atoms with Crippen molar-refractivity contribution in [3.05, 3.63) is 27.9 Å². The normalized spacial score (nSPS) is 10.3. The Labute approximate surface area is 99.2 Å². The van der Waals surface area contributed by atoms with Crippen LogP contribution in [0.25, 0.3) is 0 Å². The van der Waals surface area contributed by atoms with Gasteiger partial charge in [0.15, 0.2) is 6.29 Å². The van der Waals surface area contributed by atoms with Crippen LogP contribution in [0, 0.1) is 16.0 Å². The largest absolute Gasteiger partial charge is 0.364 e. The van der Waals surface area contributed by atoms with Gasteiger partial charge in [-0.25, -0.2) is 4.98 Å². The molecular formula is C11H15N3O3. The standard InChI is InChI=1S/C11H15N3O3/c1-8(2)3-4-12-11-10(14(16)17)5-9(7-15)6-13-11/h5-8H,3-4H2,1-2H3,(H,12,13). The smallest absolute Gasteiger partial charge is 0.312 e. The first kappa shape index (κ1) is 13.1. The van der Waals surface area contributed by atoms with E-state index in [1.807, 2.05) is 0 Å². The molecule has 0 spiro atoms. The van der Waals surface area contributed by atoms with E-state index in [4.69, 9.17) is 0 Å². The van der Waals surface area contributed by atoms with Crippen LogP contribution in [0.1, 0.15) is 30.6 Å². The lowest BCUT2D eigenvalue weighted by atomic mass is 10.1. The predicted molar refractivity (Wildman–Crippen MR) is 64.2 cm³/mol. The molecule has 0 aliphatic rings. The summed E-state index contributed by atoms with van der Waals surface area (Å²) >= 11 is 0. The summed E-state index contributed by atoms with van der Waals surface area (Å²) in [5, 5.41) is 13.7. The van der Waals surface area contributed by atoms with Gasteiger partial charge in [-0.2, -0.15) is 0 Å². The number of hydrogen-bond acceptors (Lipinski definition) is 5. The number of carbonyl (C=O) groups is 1. The molecule has 0 aliphatic heterocycles. The molecule has 0 bridgehead atoms. The van der Waals surface area contributed by atoms with Crippen molar-refractivity contribution < 1.29 is 9.72 Å². The van der Waals surface area contributed by atoms with Gasteiger partial charge in [-0.15, -0.1) is 0 Å². The molecule has 92 valence electrons. The zero-order valence-electron chi connectivity index (χ0n) is 9.84. The van der Waals surface area contributed by atoms with E-state index >= 15 is 0 Å². The summed E-state index contributed by atoms with van der Waals surface area (Å²) in [7, 11) is 0. The number of pyridine rings is 1. The average molecular weight is 237 g/mol. The first-order valence-corrected chi connectivity index (χ1v) is 5.38. The Morgan fingerprint density at radius 3 is 2.82 bits per heavy atom. The molecule has 1 heterocycles. The molecule has 0 saturated heterocycles. The summed E-state index contributed by atoms with van der Waals surface area (Å²) in [6.45, 7) is 4.75. The van der Waals surface area contributed by atoms with Crippen LogP contribution in [-0.4, -0.2) is 22.7 Å². The summed E-state index contributed by atoms with van der Waals surface area (Å²) in [5.74, 6) is 0.719. The van der Waals surface area contributed by atoms with Crippen molar-refractivity contribution in [2.24, 2.45) is 5.92 Å². The third kappa shape index (κ3) is 3.82. The van der Waals surface area contributed by atoms with E-state index in [0.717, 1.165) is 6.42 Å². The maximum Gasteiger partial charge on any atom is 0.312 e. The molecule has 0 radical (unpaired) electrons. The molecule has 0 unspecified atom stereocenters. The number of anilines is 1. The van der Waals surface area contributed by atoms with E-state index in [-0.39, 0.29) is 17.1 Å². The molecule has 0 amide bonds. The van der Waals surface area contributed by atoms with Gasteiger partial charge < -0.3 is 5.32 Å². The van der Waals surface area contributed by atoms with Crippen LogP contribution in [0.4, 0.5) is 11.5 Å². The molecule has 0 atom stereocenters. The number of aromatic nitrogens is 1. The Balaban J connectivity index is 2.83. The minimum Gasteiger partial charge on any atom is -0.364 e. The van der Waals surface area contributed by atoms with E-state index in [0.29, 0.717) is 18.7 Å². The van der Waals surface area contributed by atoms with Crippen LogP contribution in [-0.2, 0) is 0 Å². The van der Waals surface area contributed by atoms with E-state index in [2.05, 4.69) is 24.1 Å². The molecule has 1 rings (SSSR count). The summed E-state index contributed by atoms with van der Waals surface area (Å²) in [6.07, 6.45) is 2.75. The first-order chi connectivity index (χ1) is 8.04. The maximum absolute atomic E-state index is 10.8. The predicted octanol–water partition coefficient (Wildman–Crippen LogP) is 2.26. The fourth-order valence-corrected chi connectivity index (χ4v) is 1.29. The summed E-state index contributed by atoms with van der Waals surface area (Å²) in [6, 6.07) is 1.22. The summed E-state index contributed by atoms with van der Waals surface area (Å²) in [4.78, 5) is 24.6. The molecule has 1 aromatic heterocycles. The molecule has 1 N–H and O–H groups in total. The lowest BCUT2D eigenvalue weighted by Crippen LogP contribution is -2.08. The van der Waals surface area contributed by atoms with Gasteiger partial charge in [-0.1, -0.05) is 13.8 Å². The lowest BCUT2D eigenvalue weighted by Gasteiger charge is -2.07. The third-order valence-corrected chi connectivity index (χ3v) is 2.24. The molecule has 17 heavy (non-hydrogen) atoms. The monoisotopic (exact) mass is 237 g/mol. The zero-order chi connectivity index (χ0) is 12.8. The van der Waals surface area contributed by atoms with Gasteiger partial charge >= 0.3 is 5.69 Å². The van der Waals surface area contributed by atoms with Crippen LogP contribution < -0.4 is 5.32 Å². The second kappa shape index (κ2) is 5.93. The van der Waals surface area contributed by atoms with E-state index < -0.39 is 4.92 Å². The Kier molecular flexibility index (Phi) is 4.56. The van der Waals surface area contributed by atoms with Crippen molar-refractivity contribution in [1.82, 2.24) is 4.98 Å². The number of nitro groups is 1. The Morgan fingerprint density at radius 2 is 2.29 bits per heavy atom. The van der Waals surface area contributed by atoms with Crippen molar-refractivity contribution in [3.8, 4) is 0 Å². The molecular weight excluding hydrogens is 222 g/mol. The third-order valence-electron chi connectivity index (χ3n) is 2.24. The van der Waals surface area contributed by atoms with Gasteiger partial charge in [0, 0.05) is 24.4 Å². The Hall–Kier alpha value is -1.98. The van der Waals surface area contributed by atoms with Gasteiger partial charge in [0.2, 0.25) is 5.82 Å². The lowest BCUT2D eigenvalue weighted by molar-refractivity contribution is -0.384. The number of nitrogens with zero attached hydrogens (tertiary/aromatic N) is 2. The van der Waals surface area contributed by atoms with Gasteiger partial charge in [-0.3, -0.25) is 14.9 Å². The quantitative estimate of drug-likeness (QED) is 0.466. The second-order valence-corrected chi connectivity index (χ2v) is 4.12. The van der Waals surface area contributed by atoms with Crippen molar-refractivity contribution in [3.63, 3.8) is 0 Å². The molecule has 1 aromatic rings. The average Bonchev–Trinajstić information content (AvgIpc) is 2.28. The Morgan fingerprint density at radius 1 is 1.59 bits per heavy atom. The van der Waals surface area contributed by atoms with Gasteiger partial charge in [0.1, 0.15) is 0 Å². The summed E-state index contributed by atoms with van der Waals surface area (Å²) < 4.78 is 0. The fourth-order valence-electron chi connectivity index (χ4n) is 1.29. The number of rotatable bonds is 6. The molecule has 0 aliphatic carbocycles. The minimum absolute atomic E-state index is 0.168. The number of hydrogen-bond donors (Lipinski definition) is 1. The van der Waals surface area contributed by atoms with Gasteiger partial charge in [-0.05, 0) is 12.3 Å². The Bertz CT molecular complexity index is 418. The van der Waals surface area contributed by atoms with Crippen molar-refractivity contribution in [1.29, 1.82) is 0 Å². The first-order valence-electron chi connectivity index (χ1n) is 5.38. The highest BCUT2D eigenvalue weighted by Crippen LogP contribution is 2.22. The maximum atomic E-state index is 10.8. The minimum atomic E-state index is -0.544. The number of carbonyl (C=O) groups excluding carboxylic acids is 1. The number of aldehydes is 1. The van der Waals surface area contributed by atoms with Crippen LogP contribution in [0.2, 0.25) is 0 Å². The van der Waals surface area contributed by atoms with Gasteiger partial charge in [0.05, 0.1) is 4.92 Å². The van der Waals surface area contributed by atoms with Crippen LogP contribution in [0.15, 0.2) is 12.3 Å². The zero-order valence-corrected chi connectivity index (χ0v) is 9.84. The van der Waals surface area contributed by atoms with Crippen LogP contribution in [0.5, 0.6) is 0 Å². The van der Waals surface area contributed by atoms with Crippen molar-refractivity contribution >= 4 is 17.8 Å². The number of nitrogens with one attached hydrogen (secondary N) is 1. The molecule has 0 fully saturated rings. The second-order valence-electron chi connectivity index (χ2n) is 4.12. The van der Waals surface area contributed by atoms with Crippen molar-refractivity contribution in [2.45, 2.75) is 20.3 Å². The SMILES string of the molecule is CC(C)CCNc1ncc(C=O)cc1[N+](=O)[O-]. The highest BCUT2D eigenvalue weighted by Gasteiger charge is 2.15. The van der Waals surface area contributed by atoms with E-state index in [1.165, 1.54) is 12.3 Å². The topological polar surface area (TPSA) is 85.1 Å². The highest BCUT2D eigenvalue weighted by atomic mass is 16.6. The highest BCUT2D eigenvalue weighted by molar-refractivity contribution is 5.77. The van der Waals surface area contributed by atoms with Crippen molar-refractivity contribution in [2.75, 3.05) is 11.9 Å². The van der Waals surface area contributed by atoms with Crippen LogP contribution in [0.3, 0.4) is 0 Å². The molecule has 0 saturated carbocycles. The molecule has 0 aromatic carbocycles. The van der Waals surface area contributed by atoms with Gasteiger partial charge in [0.25, 0.3) is 0 Å². The van der Waals surface area contributed by atoms with E-state index in [1.54, 1.807) is 0 Å². The fraction of sp³-hybridized carbons (Fsp3) is 0.455. The van der Waals surface area contributed by atoms with E-state index in [9.17, 15) is 14.9 Å². The van der Waals surface area contributed by atoms with Crippen LogP contribution >= 0.6 is 0 Å².